The van der Waals surface area contributed by atoms with E-state index < -0.39 is 0 Å². The van der Waals surface area contributed by atoms with Gasteiger partial charge < -0.3 is 10.1 Å². The maximum Gasteiger partial charge on any atom is 0.251 e. The fourth-order valence-corrected chi connectivity index (χ4v) is 3.27. The number of hydrogen-bond acceptors (Lipinski definition) is 4. The topological polar surface area (TPSA) is 69.0 Å². The summed E-state index contributed by atoms with van der Waals surface area (Å²) in [7, 11) is 1.86. The smallest absolute Gasteiger partial charge is 0.251 e. The number of nitrogens with one attached hydrogen (secondary N) is 1. The molecule has 0 saturated carbocycles. The van der Waals surface area contributed by atoms with Crippen LogP contribution in [0, 0.1) is 6.92 Å². The van der Waals surface area contributed by atoms with E-state index in [0.717, 1.165) is 22.4 Å². The van der Waals surface area contributed by atoms with Crippen LogP contribution in [0.5, 0.6) is 11.5 Å². The van der Waals surface area contributed by atoms with E-state index in [1.54, 1.807) is 41.3 Å². The molecule has 0 spiro atoms. The number of ether oxygens (including phenoxy) is 1. The number of aryl methyl sites for hydroxylation is 2. The summed E-state index contributed by atoms with van der Waals surface area (Å²) >= 11 is 5.91. The second-order valence-corrected chi connectivity index (χ2v) is 7.66. The fourth-order valence-electron chi connectivity index (χ4n) is 3.15. The lowest BCUT2D eigenvalue weighted by molar-refractivity contribution is 0.0950. The summed E-state index contributed by atoms with van der Waals surface area (Å²) in [4.78, 5) is 17.1. The molecule has 2 aromatic heterocycles. The van der Waals surface area contributed by atoms with Gasteiger partial charge in [-0.3, -0.25) is 14.5 Å². The van der Waals surface area contributed by atoms with Crippen LogP contribution in [0.1, 0.15) is 21.5 Å². The summed E-state index contributed by atoms with van der Waals surface area (Å²) < 4.78 is 7.76. The largest absolute Gasteiger partial charge is 0.457 e. The Bertz CT molecular complexity index is 1220. The summed E-state index contributed by atoms with van der Waals surface area (Å²) in [5.74, 6) is 1.04. The highest BCUT2D eigenvalue weighted by atomic mass is 35.5. The molecule has 4 aromatic rings. The van der Waals surface area contributed by atoms with Gasteiger partial charge in [0.05, 0.1) is 11.9 Å². The van der Waals surface area contributed by atoms with Gasteiger partial charge in [0.1, 0.15) is 11.5 Å². The van der Waals surface area contributed by atoms with Crippen LogP contribution in [-0.4, -0.2) is 20.7 Å². The number of carbonyl (C=O) groups excluding carboxylic acids is 1. The first kappa shape index (κ1) is 20.6. The van der Waals surface area contributed by atoms with Gasteiger partial charge in [0.25, 0.3) is 5.91 Å². The summed E-state index contributed by atoms with van der Waals surface area (Å²) in [6.07, 6.45) is 5.33. The van der Waals surface area contributed by atoms with Gasteiger partial charge in [-0.1, -0.05) is 23.7 Å². The van der Waals surface area contributed by atoms with Gasteiger partial charge in [-0.25, -0.2) is 0 Å². The number of aromatic nitrogens is 3. The van der Waals surface area contributed by atoms with Gasteiger partial charge in [0.2, 0.25) is 0 Å². The lowest BCUT2D eigenvalue weighted by Crippen LogP contribution is -2.22. The maximum atomic E-state index is 12.7. The second-order valence-electron chi connectivity index (χ2n) is 7.23. The van der Waals surface area contributed by atoms with E-state index in [0.29, 0.717) is 28.6 Å². The molecule has 2 aromatic carbocycles. The van der Waals surface area contributed by atoms with Crippen molar-refractivity contribution in [1.82, 2.24) is 20.1 Å². The molecule has 0 unspecified atom stereocenters. The third kappa shape index (κ3) is 5.29. The van der Waals surface area contributed by atoms with Crippen molar-refractivity contribution in [3.8, 4) is 22.8 Å². The van der Waals surface area contributed by atoms with Crippen LogP contribution in [0.2, 0.25) is 5.02 Å². The molecule has 0 bridgehead atoms. The first-order valence-corrected chi connectivity index (χ1v) is 10.1. The minimum Gasteiger partial charge on any atom is -0.457 e. The Kier molecular flexibility index (Phi) is 6.00. The monoisotopic (exact) mass is 432 g/mol. The summed E-state index contributed by atoms with van der Waals surface area (Å²) in [5, 5.41) is 7.77. The molecule has 2 heterocycles. The molecule has 0 atom stereocenters. The zero-order chi connectivity index (χ0) is 21.8. The zero-order valence-electron chi connectivity index (χ0n) is 17.2. The summed E-state index contributed by atoms with van der Waals surface area (Å²) in [5.41, 5.74) is 4.10. The third-order valence-electron chi connectivity index (χ3n) is 4.65. The van der Waals surface area contributed by atoms with Crippen molar-refractivity contribution in [2.24, 2.45) is 7.05 Å². The molecule has 0 radical (unpaired) electrons. The van der Waals surface area contributed by atoms with Crippen LogP contribution in [-0.2, 0) is 13.6 Å². The molecule has 0 saturated heterocycles. The average Bonchev–Trinajstić information content (AvgIpc) is 3.19. The fraction of sp³-hybridized carbons (Fsp3) is 0.125. The summed E-state index contributed by atoms with van der Waals surface area (Å²) in [6.45, 7) is 2.34. The zero-order valence-corrected chi connectivity index (χ0v) is 17.9. The van der Waals surface area contributed by atoms with Crippen molar-refractivity contribution in [2.45, 2.75) is 13.5 Å². The number of nitrogens with zero attached hydrogens (tertiary/aromatic N) is 3. The van der Waals surface area contributed by atoms with Crippen LogP contribution in [0.25, 0.3) is 11.3 Å². The lowest BCUT2D eigenvalue weighted by atomic mass is 10.1. The molecule has 156 valence electrons. The molecule has 0 aliphatic rings. The van der Waals surface area contributed by atoms with Crippen molar-refractivity contribution >= 4 is 17.5 Å². The molecule has 0 aliphatic carbocycles. The van der Waals surface area contributed by atoms with E-state index >= 15 is 0 Å². The molecule has 0 aliphatic heterocycles. The van der Waals surface area contributed by atoms with Gasteiger partial charge >= 0.3 is 0 Å². The molecule has 4 rings (SSSR count). The van der Waals surface area contributed by atoms with Gasteiger partial charge in [0.15, 0.2) is 0 Å². The van der Waals surface area contributed by atoms with Gasteiger partial charge in [-0.15, -0.1) is 0 Å². The van der Waals surface area contributed by atoms with E-state index in [9.17, 15) is 4.79 Å². The molecular formula is C24H21ClN4O2. The molecule has 7 heteroatoms. The molecule has 1 N–H and O–H groups in total. The van der Waals surface area contributed by atoms with Crippen molar-refractivity contribution < 1.29 is 9.53 Å². The Morgan fingerprint density at radius 3 is 2.65 bits per heavy atom. The second kappa shape index (κ2) is 9.02. The standard InChI is InChI=1S/C24H21ClN4O2/c1-16-9-18(24(30)27-13-17-3-5-20(25)6-4-17)11-22(10-16)31-21-7-8-26-23(12-21)19-14-28-29(2)15-19/h3-12,14-15H,13H2,1-2H3,(H,27,30). The quantitative estimate of drug-likeness (QED) is 0.456. The SMILES string of the molecule is Cc1cc(Oc2ccnc(-c3cnn(C)c3)c2)cc(C(=O)NCc2ccc(Cl)cc2)c1. The van der Waals surface area contributed by atoms with Crippen molar-refractivity contribution in [3.63, 3.8) is 0 Å². The minimum atomic E-state index is -0.172. The van der Waals surface area contributed by atoms with Crippen LogP contribution < -0.4 is 10.1 Å². The highest BCUT2D eigenvalue weighted by Crippen LogP contribution is 2.27. The van der Waals surface area contributed by atoms with Crippen LogP contribution in [0.3, 0.4) is 0 Å². The molecule has 31 heavy (non-hydrogen) atoms. The molecule has 1 amide bonds. The Balaban J connectivity index is 1.48. The van der Waals surface area contributed by atoms with Crippen molar-refractivity contribution in [3.05, 3.63) is 94.9 Å². The van der Waals surface area contributed by atoms with Gasteiger partial charge in [-0.2, -0.15) is 5.10 Å². The van der Waals surface area contributed by atoms with Crippen molar-refractivity contribution in [2.75, 3.05) is 0 Å². The number of rotatable bonds is 6. The van der Waals surface area contributed by atoms with Crippen LogP contribution in [0.15, 0.2) is 73.2 Å². The van der Waals surface area contributed by atoms with E-state index in [1.807, 2.05) is 50.5 Å². The van der Waals surface area contributed by atoms with E-state index in [1.165, 1.54) is 0 Å². The predicted octanol–water partition coefficient (Wildman–Crippen LogP) is 5.17. The number of amides is 1. The Morgan fingerprint density at radius 2 is 1.90 bits per heavy atom. The maximum absolute atomic E-state index is 12.7. The number of carbonyl (C=O) groups is 1. The average molecular weight is 433 g/mol. The molecule has 0 fully saturated rings. The molecule has 6 nitrogen and oxygen atoms in total. The van der Waals surface area contributed by atoms with E-state index in [-0.39, 0.29) is 5.91 Å². The highest BCUT2D eigenvalue weighted by molar-refractivity contribution is 6.30. The van der Waals surface area contributed by atoms with Crippen molar-refractivity contribution in [1.29, 1.82) is 0 Å². The highest BCUT2D eigenvalue weighted by Gasteiger charge is 2.10. The third-order valence-corrected chi connectivity index (χ3v) is 4.90. The normalized spacial score (nSPS) is 10.7. The van der Waals surface area contributed by atoms with Gasteiger partial charge in [-0.05, 0) is 54.4 Å². The van der Waals surface area contributed by atoms with Gasteiger partial charge in [0, 0.05) is 48.2 Å². The number of pyridine rings is 1. The lowest BCUT2D eigenvalue weighted by Gasteiger charge is -2.11. The Morgan fingerprint density at radius 1 is 1.10 bits per heavy atom. The van der Waals surface area contributed by atoms with E-state index in [4.69, 9.17) is 16.3 Å². The van der Waals surface area contributed by atoms with E-state index in [2.05, 4.69) is 15.4 Å². The number of benzene rings is 2. The summed E-state index contributed by atoms with van der Waals surface area (Å²) in [6, 6.07) is 16.5. The first-order chi connectivity index (χ1) is 15.0. The number of hydrogen-bond donors (Lipinski definition) is 1. The molecular weight excluding hydrogens is 412 g/mol. The van der Waals surface area contributed by atoms with Crippen LogP contribution in [0.4, 0.5) is 0 Å². The number of halogens is 1. The van der Waals surface area contributed by atoms with Crippen LogP contribution >= 0.6 is 11.6 Å². The Hall–Kier alpha value is -3.64. The minimum absolute atomic E-state index is 0.172. The first-order valence-electron chi connectivity index (χ1n) is 9.73. The predicted molar refractivity (Wildman–Crippen MR) is 120 cm³/mol. The Labute approximate surface area is 185 Å².